The minimum Gasteiger partial charge on any atom is -0.315 e. The van der Waals surface area contributed by atoms with Crippen LogP contribution >= 0.6 is 0 Å². The van der Waals surface area contributed by atoms with Gasteiger partial charge in [-0.05, 0) is 44.5 Å². The van der Waals surface area contributed by atoms with Crippen LogP contribution in [0.3, 0.4) is 0 Å². The molecule has 1 aromatic heterocycles. The highest BCUT2D eigenvalue weighted by atomic mass is 15.1. The zero-order valence-electron chi connectivity index (χ0n) is 10.2. The van der Waals surface area contributed by atoms with E-state index in [1.165, 1.54) is 18.4 Å². The second-order valence-electron chi connectivity index (χ2n) is 4.79. The molecule has 0 spiro atoms. The Morgan fingerprint density at radius 3 is 2.94 bits per heavy atom. The zero-order valence-corrected chi connectivity index (χ0v) is 10.2. The van der Waals surface area contributed by atoms with E-state index in [2.05, 4.69) is 35.4 Å². The van der Waals surface area contributed by atoms with E-state index in [9.17, 15) is 0 Å². The molecule has 1 N–H and O–H groups in total. The van der Waals surface area contributed by atoms with Gasteiger partial charge in [-0.15, -0.1) is 0 Å². The van der Waals surface area contributed by atoms with Gasteiger partial charge in [0.25, 0.3) is 0 Å². The smallest absolute Gasteiger partial charge is 0.0312 e. The molecule has 88 valence electrons. The van der Waals surface area contributed by atoms with Crippen LogP contribution in [-0.4, -0.2) is 36.6 Å². The van der Waals surface area contributed by atoms with Gasteiger partial charge in [-0.25, -0.2) is 0 Å². The number of hydrogen-bond acceptors (Lipinski definition) is 3. The number of aromatic nitrogens is 1. The number of nitrogens with one attached hydrogen (secondary N) is 1. The van der Waals surface area contributed by atoms with Gasteiger partial charge in [-0.1, -0.05) is 6.07 Å². The lowest BCUT2D eigenvalue weighted by Gasteiger charge is -2.23. The Balaban J connectivity index is 1.81. The van der Waals surface area contributed by atoms with Crippen molar-refractivity contribution in [3.05, 3.63) is 30.1 Å². The minimum absolute atomic E-state index is 0.654. The summed E-state index contributed by atoms with van der Waals surface area (Å²) in [5, 5.41) is 3.42. The van der Waals surface area contributed by atoms with Crippen molar-refractivity contribution in [2.75, 3.05) is 20.6 Å². The van der Waals surface area contributed by atoms with E-state index in [-0.39, 0.29) is 0 Å². The Kier molecular flexibility index (Phi) is 3.91. The molecular formula is C13H21N3. The monoisotopic (exact) mass is 219 g/mol. The molecule has 1 aromatic rings. The van der Waals surface area contributed by atoms with Crippen LogP contribution < -0.4 is 5.32 Å². The first-order valence-electron chi connectivity index (χ1n) is 6.04. The van der Waals surface area contributed by atoms with Crippen LogP contribution in [0.5, 0.6) is 0 Å². The highest BCUT2D eigenvalue weighted by molar-refractivity contribution is 5.08. The molecule has 0 aromatic carbocycles. The number of likely N-dealkylation sites (N-methyl/N-ethyl adjacent to an activating group) is 2. The largest absolute Gasteiger partial charge is 0.315 e. The Morgan fingerprint density at radius 1 is 1.56 bits per heavy atom. The highest BCUT2D eigenvalue weighted by Gasteiger charge is 2.30. The van der Waals surface area contributed by atoms with Gasteiger partial charge < -0.3 is 10.2 Å². The van der Waals surface area contributed by atoms with Crippen molar-refractivity contribution in [2.24, 2.45) is 5.92 Å². The first-order valence-corrected chi connectivity index (χ1v) is 6.04. The molecule has 0 radical (unpaired) electrons. The van der Waals surface area contributed by atoms with Crippen molar-refractivity contribution in [1.29, 1.82) is 0 Å². The molecule has 1 aliphatic carbocycles. The van der Waals surface area contributed by atoms with Gasteiger partial charge in [0.05, 0.1) is 0 Å². The van der Waals surface area contributed by atoms with Gasteiger partial charge >= 0.3 is 0 Å². The molecule has 1 aliphatic rings. The average molecular weight is 219 g/mol. The third-order valence-electron chi connectivity index (χ3n) is 3.25. The fourth-order valence-electron chi connectivity index (χ4n) is 2.18. The third-order valence-corrected chi connectivity index (χ3v) is 3.25. The number of rotatable bonds is 6. The topological polar surface area (TPSA) is 28.2 Å². The summed E-state index contributed by atoms with van der Waals surface area (Å²) < 4.78 is 0. The Hall–Kier alpha value is -0.930. The second-order valence-corrected chi connectivity index (χ2v) is 4.79. The lowest BCUT2D eigenvalue weighted by molar-refractivity contribution is 0.274. The SMILES string of the molecule is CNC(CN(C)Cc1cccnc1)C1CC1. The van der Waals surface area contributed by atoms with Crippen LogP contribution in [0.2, 0.25) is 0 Å². The third kappa shape index (κ3) is 3.29. The number of nitrogens with zero attached hydrogens (tertiary/aromatic N) is 2. The standard InChI is InChI=1S/C13H21N3/c1-14-13(12-5-6-12)10-16(2)9-11-4-3-7-15-8-11/h3-4,7-8,12-14H,5-6,9-10H2,1-2H3. The fourth-order valence-corrected chi connectivity index (χ4v) is 2.18. The number of hydrogen-bond donors (Lipinski definition) is 1. The lowest BCUT2D eigenvalue weighted by Crippen LogP contribution is -2.38. The van der Waals surface area contributed by atoms with E-state index in [1.807, 2.05) is 18.5 Å². The Morgan fingerprint density at radius 2 is 2.38 bits per heavy atom. The predicted molar refractivity (Wildman–Crippen MR) is 66.1 cm³/mol. The summed E-state index contributed by atoms with van der Waals surface area (Å²) in [5.41, 5.74) is 1.29. The van der Waals surface area contributed by atoms with Crippen LogP contribution in [0.1, 0.15) is 18.4 Å². The van der Waals surface area contributed by atoms with E-state index in [0.29, 0.717) is 6.04 Å². The van der Waals surface area contributed by atoms with Crippen molar-refractivity contribution in [1.82, 2.24) is 15.2 Å². The predicted octanol–water partition coefficient (Wildman–Crippen LogP) is 1.51. The van der Waals surface area contributed by atoms with Crippen LogP contribution in [0.4, 0.5) is 0 Å². The molecular weight excluding hydrogens is 198 g/mol. The van der Waals surface area contributed by atoms with Gasteiger partial charge in [0, 0.05) is 31.5 Å². The van der Waals surface area contributed by atoms with Crippen molar-refractivity contribution in [3.8, 4) is 0 Å². The van der Waals surface area contributed by atoms with Crippen molar-refractivity contribution < 1.29 is 0 Å². The van der Waals surface area contributed by atoms with Gasteiger partial charge in [0.2, 0.25) is 0 Å². The van der Waals surface area contributed by atoms with Crippen molar-refractivity contribution in [3.63, 3.8) is 0 Å². The second kappa shape index (κ2) is 5.41. The Labute approximate surface area is 97.9 Å². The molecule has 0 amide bonds. The molecule has 0 aliphatic heterocycles. The van der Waals surface area contributed by atoms with E-state index in [4.69, 9.17) is 0 Å². The van der Waals surface area contributed by atoms with Crippen LogP contribution in [-0.2, 0) is 6.54 Å². The van der Waals surface area contributed by atoms with E-state index < -0.39 is 0 Å². The van der Waals surface area contributed by atoms with Crippen LogP contribution in [0, 0.1) is 5.92 Å². The molecule has 1 heterocycles. The van der Waals surface area contributed by atoms with E-state index >= 15 is 0 Å². The maximum atomic E-state index is 4.14. The summed E-state index contributed by atoms with van der Waals surface area (Å²) in [6, 6.07) is 4.79. The number of pyridine rings is 1. The van der Waals surface area contributed by atoms with Gasteiger partial charge in [-0.3, -0.25) is 4.98 Å². The molecule has 1 atom stereocenters. The molecule has 0 bridgehead atoms. The van der Waals surface area contributed by atoms with Crippen molar-refractivity contribution in [2.45, 2.75) is 25.4 Å². The molecule has 3 nitrogen and oxygen atoms in total. The molecule has 1 fully saturated rings. The summed E-state index contributed by atoms with van der Waals surface area (Å²) in [6.45, 7) is 2.11. The summed E-state index contributed by atoms with van der Waals surface area (Å²) in [4.78, 5) is 6.51. The molecule has 3 heteroatoms. The Bertz CT molecular complexity index is 308. The summed E-state index contributed by atoms with van der Waals surface area (Å²) in [7, 11) is 4.25. The molecule has 1 unspecified atom stereocenters. The first kappa shape index (κ1) is 11.6. The minimum atomic E-state index is 0.654. The van der Waals surface area contributed by atoms with Crippen molar-refractivity contribution >= 4 is 0 Å². The first-order chi connectivity index (χ1) is 7.79. The van der Waals surface area contributed by atoms with Crippen LogP contribution in [0.15, 0.2) is 24.5 Å². The normalized spacial score (nSPS) is 17.7. The molecule has 1 saturated carbocycles. The quantitative estimate of drug-likeness (QED) is 0.786. The fraction of sp³-hybridized carbons (Fsp3) is 0.615. The van der Waals surface area contributed by atoms with Gasteiger partial charge in [0.1, 0.15) is 0 Å². The van der Waals surface area contributed by atoms with Crippen LogP contribution in [0.25, 0.3) is 0 Å². The highest BCUT2D eigenvalue weighted by Crippen LogP contribution is 2.32. The molecule has 16 heavy (non-hydrogen) atoms. The summed E-state index contributed by atoms with van der Waals surface area (Å²) in [5.74, 6) is 0.904. The summed E-state index contributed by atoms with van der Waals surface area (Å²) in [6.07, 6.45) is 6.56. The van der Waals surface area contributed by atoms with Gasteiger partial charge in [0.15, 0.2) is 0 Å². The maximum absolute atomic E-state index is 4.14. The lowest BCUT2D eigenvalue weighted by atomic mass is 10.1. The zero-order chi connectivity index (χ0) is 11.4. The molecule has 0 saturated heterocycles. The maximum Gasteiger partial charge on any atom is 0.0312 e. The van der Waals surface area contributed by atoms with Gasteiger partial charge in [-0.2, -0.15) is 0 Å². The van der Waals surface area contributed by atoms with E-state index in [1.54, 1.807) is 0 Å². The van der Waals surface area contributed by atoms with E-state index in [0.717, 1.165) is 19.0 Å². The molecule has 2 rings (SSSR count). The average Bonchev–Trinajstić information content (AvgIpc) is 3.11. The summed E-state index contributed by atoms with van der Waals surface area (Å²) >= 11 is 0.